The van der Waals surface area contributed by atoms with Gasteiger partial charge < -0.3 is 20.1 Å². The highest BCUT2D eigenvalue weighted by Crippen LogP contribution is 2.17. The number of nitrogens with one attached hydrogen (secondary N) is 1. The number of hydrogen-bond donors (Lipinski definition) is 2. The predicted octanol–water partition coefficient (Wildman–Crippen LogP) is 1.50. The van der Waals surface area contributed by atoms with E-state index in [4.69, 9.17) is 9.84 Å². The van der Waals surface area contributed by atoms with Gasteiger partial charge >= 0.3 is 12.0 Å². The molecule has 21 heavy (non-hydrogen) atoms. The van der Waals surface area contributed by atoms with Crippen LogP contribution in [0.1, 0.15) is 18.4 Å². The second-order valence-corrected chi connectivity index (χ2v) is 5.02. The molecule has 1 aromatic carbocycles. The van der Waals surface area contributed by atoms with E-state index >= 15 is 0 Å². The van der Waals surface area contributed by atoms with Crippen molar-refractivity contribution in [3.05, 3.63) is 29.8 Å². The highest BCUT2D eigenvalue weighted by molar-refractivity contribution is 5.83. The zero-order valence-corrected chi connectivity index (χ0v) is 12.0. The molecule has 0 aliphatic carbocycles. The van der Waals surface area contributed by atoms with Crippen molar-refractivity contribution in [2.75, 3.05) is 20.2 Å². The summed E-state index contributed by atoms with van der Waals surface area (Å²) < 4.78 is 5.14. The van der Waals surface area contributed by atoms with Crippen molar-refractivity contribution in [3.63, 3.8) is 0 Å². The molecule has 1 atom stereocenters. The van der Waals surface area contributed by atoms with Crippen molar-refractivity contribution in [2.45, 2.75) is 25.3 Å². The summed E-state index contributed by atoms with van der Waals surface area (Å²) in [6, 6.07) is 6.65. The van der Waals surface area contributed by atoms with E-state index in [0.29, 0.717) is 25.9 Å². The Labute approximate surface area is 123 Å². The minimum Gasteiger partial charge on any atom is -0.497 e. The Morgan fingerprint density at radius 1 is 1.48 bits per heavy atom. The number of carboxylic acids is 1. The molecule has 0 aromatic heterocycles. The number of benzene rings is 1. The van der Waals surface area contributed by atoms with E-state index in [9.17, 15) is 9.59 Å². The van der Waals surface area contributed by atoms with E-state index in [1.807, 2.05) is 24.3 Å². The number of carboxylic acid groups (broad SMARTS) is 1. The largest absolute Gasteiger partial charge is 0.497 e. The van der Waals surface area contributed by atoms with Gasteiger partial charge in [-0.3, -0.25) is 0 Å². The Hall–Kier alpha value is -2.24. The number of nitrogens with zero attached hydrogens (tertiary/aromatic N) is 1. The number of carbonyl (C=O) groups excluding carboxylic acids is 1. The van der Waals surface area contributed by atoms with Gasteiger partial charge in [-0.1, -0.05) is 12.1 Å². The molecule has 0 spiro atoms. The highest BCUT2D eigenvalue weighted by Gasteiger charge is 2.33. The van der Waals surface area contributed by atoms with Gasteiger partial charge in [-0.25, -0.2) is 9.59 Å². The molecule has 2 rings (SSSR count). The van der Waals surface area contributed by atoms with Gasteiger partial charge in [-0.15, -0.1) is 0 Å². The van der Waals surface area contributed by atoms with E-state index in [2.05, 4.69) is 5.32 Å². The average molecular weight is 292 g/mol. The Kier molecular flexibility index (Phi) is 5.03. The van der Waals surface area contributed by atoms with Crippen LogP contribution in [0.25, 0.3) is 0 Å². The number of likely N-dealkylation sites (tertiary alicyclic amines) is 1. The molecule has 0 bridgehead atoms. The summed E-state index contributed by atoms with van der Waals surface area (Å²) in [5.41, 5.74) is 1.06. The molecule has 1 aliphatic heterocycles. The third-order valence-electron chi connectivity index (χ3n) is 3.62. The summed E-state index contributed by atoms with van der Waals surface area (Å²) in [5, 5.41) is 11.8. The number of rotatable bonds is 5. The Bertz CT molecular complexity index is 518. The SMILES string of the molecule is COc1cccc(CCNC(=O)N2CCC[C@H]2C(=O)O)c1. The van der Waals surface area contributed by atoms with Gasteiger partial charge in [0.25, 0.3) is 0 Å². The third-order valence-corrected chi connectivity index (χ3v) is 3.62. The smallest absolute Gasteiger partial charge is 0.326 e. The van der Waals surface area contributed by atoms with E-state index in [1.54, 1.807) is 7.11 Å². The van der Waals surface area contributed by atoms with Crippen molar-refractivity contribution in [3.8, 4) is 5.75 Å². The van der Waals surface area contributed by atoms with E-state index in [0.717, 1.165) is 17.7 Å². The number of aliphatic carboxylic acids is 1. The van der Waals surface area contributed by atoms with Crippen molar-refractivity contribution in [1.82, 2.24) is 10.2 Å². The summed E-state index contributed by atoms with van der Waals surface area (Å²) in [5.74, 6) is -0.153. The lowest BCUT2D eigenvalue weighted by Gasteiger charge is -2.21. The van der Waals surface area contributed by atoms with Crippen LogP contribution in [0.3, 0.4) is 0 Å². The van der Waals surface area contributed by atoms with Gasteiger partial charge in [0.1, 0.15) is 11.8 Å². The molecule has 6 nitrogen and oxygen atoms in total. The summed E-state index contributed by atoms with van der Waals surface area (Å²) in [6.07, 6.45) is 1.94. The number of ether oxygens (including phenoxy) is 1. The van der Waals surface area contributed by atoms with Gasteiger partial charge in [0.05, 0.1) is 7.11 Å². The summed E-state index contributed by atoms with van der Waals surface area (Å²) >= 11 is 0. The fourth-order valence-corrected chi connectivity index (χ4v) is 2.51. The monoisotopic (exact) mass is 292 g/mol. The molecule has 1 fully saturated rings. The van der Waals surface area contributed by atoms with E-state index in [1.165, 1.54) is 4.90 Å². The van der Waals surface area contributed by atoms with Crippen LogP contribution < -0.4 is 10.1 Å². The molecule has 0 saturated carbocycles. The van der Waals surface area contributed by atoms with Crippen LogP contribution in [-0.2, 0) is 11.2 Å². The van der Waals surface area contributed by atoms with Crippen LogP contribution in [0.5, 0.6) is 5.75 Å². The van der Waals surface area contributed by atoms with Gasteiger partial charge in [0, 0.05) is 13.1 Å². The first-order valence-corrected chi connectivity index (χ1v) is 7.02. The molecule has 114 valence electrons. The first kappa shape index (κ1) is 15.2. The highest BCUT2D eigenvalue weighted by atomic mass is 16.5. The van der Waals surface area contributed by atoms with Crippen molar-refractivity contribution in [2.24, 2.45) is 0 Å². The molecule has 2 N–H and O–H groups in total. The molecule has 6 heteroatoms. The topological polar surface area (TPSA) is 78.9 Å². The molecular weight excluding hydrogens is 272 g/mol. The van der Waals surface area contributed by atoms with Crippen molar-refractivity contribution >= 4 is 12.0 Å². The molecule has 0 unspecified atom stereocenters. The number of carbonyl (C=O) groups is 2. The van der Waals surface area contributed by atoms with Crippen LogP contribution in [0.4, 0.5) is 4.79 Å². The van der Waals surface area contributed by atoms with Gasteiger partial charge in [0.2, 0.25) is 0 Å². The standard InChI is InChI=1S/C15H20N2O4/c1-21-12-5-2-4-11(10-12)7-8-16-15(20)17-9-3-6-13(17)14(18)19/h2,4-5,10,13H,3,6-9H2,1H3,(H,16,20)(H,18,19)/t13-/m0/s1. The molecule has 0 radical (unpaired) electrons. The minimum atomic E-state index is -0.935. The van der Waals surface area contributed by atoms with Crippen LogP contribution in [0, 0.1) is 0 Å². The molecule has 1 saturated heterocycles. The molecule has 1 aromatic rings. The third kappa shape index (κ3) is 3.87. The maximum Gasteiger partial charge on any atom is 0.326 e. The van der Waals surface area contributed by atoms with Gasteiger partial charge in [0.15, 0.2) is 0 Å². The summed E-state index contributed by atoms with van der Waals surface area (Å²) in [4.78, 5) is 24.4. The zero-order valence-electron chi connectivity index (χ0n) is 12.0. The Balaban J connectivity index is 1.82. The van der Waals surface area contributed by atoms with Crippen LogP contribution >= 0.6 is 0 Å². The Morgan fingerprint density at radius 3 is 3.00 bits per heavy atom. The number of methoxy groups -OCH3 is 1. The quantitative estimate of drug-likeness (QED) is 0.862. The first-order valence-electron chi connectivity index (χ1n) is 7.02. The average Bonchev–Trinajstić information content (AvgIpc) is 2.97. The normalized spacial score (nSPS) is 17.6. The second kappa shape index (κ2) is 6.97. The molecule has 2 amide bonds. The maximum atomic E-state index is 12.0. The van der Waals surface area contributed by atoms with Crippen molar-refractivity contribution in [1.29, 1.82) is 0 Å². The van der Waals surface area contributed by atoms with Gasteiger partial charge in [-0.2, -0.15) is 0 Å². The lowest BCUT2D eigenvalue weighted by Crippen LogP contribution is -2.46. The van der Waals surface area contributed by atoms with Crippen LogP contribution in [0.15, 0.2) is 24.3 Å². The number of hydrogen-bond acceptors (Lipinski definition) is 3. The number of amides is 2. The Morgan fingerprint density at radius 2 is 2.29 bits per heavy atom. The lowest BCUT2D eigenvalue weighted by molar-refractivity contribution is -0.141. The summed E-state index contributed by atoms with van der Waals surface area (Å²) in [6.45, 7) is 0.969. The van der Waals surface area contributed by atoms with Crippen LogP contribution in [0.2, 0.25) is 0 Å². The predicted molar refractivity (Wildman–Crippen MR) is 77.5 cm³/mol. The van der Waals surface area contributed by atoms with Crippen LogP contribution in [-0.4, -0.2) is 48.2 Å². The summed E-state index contributed by atoms with van der Waals surface area (Å²) in [7, 11) is 1.61. The fourth-order valence-electron chi connectivity index (χ4n) is 2.51. The zero-order chi connectivity index (χ0) is 15.2. The van der Waals surface area contributed by atoms with E-state index in [-0.39, 0.29) is 6.03 Å². The minimum absolute atomic E-state index is 0.303. The van der Waals surface area contributed by atoms with E-state index < -0.39 is 12.0 Å². The molecule has 1 aliphatic rings. The molecular formula is C15H20N2O4. The number of urea groups is 1. The second-order valence-electron chi connectivity index (χ2n) is 5.02. The lowest BCUT2D eigenvalue weighted by atomic mass is 10.1. The maximum absolute atomic E-state index is 12.0. The molecule has 1 heterocycles. The fraction of sp³-hybridized carbons (Fsp3) is 0.467. The first-order chi connectivity index (χ1) is 10.1. The van der Waals surface area contributed by atoms with Gasteiger partial charge in [-0.05, 0) is 37.0 Å². The van der Waals surface area contributed by atoms with Crippen molar-refractivity contribution < 1.29 is 19.4 Å².